The van der Waals surface area contributed by atoms with Gasteiger partial charge in [-0.05, 0) is 13.0 Å². The van der Waals surface area contributed by atoms with Gasteiger partial charge < -0.3 is 9.47 Å². The molecule has 16 heavy (non-hydrogen) atoms. The molecule has 1 aromatic carbocycles. The number of nitro groups is 1. The van der Waals surface area contributed by atoms with E-state index in [2.05, 4.69) is 9.47 Å². The second kappa shape index (κ2) is 5.32. The summed E-state index contributed by atoms with van der Waals surface area (Å²) in [6.45, 7) is 1.42. The molecule has 0 bridgehead atoms. The van der Waals surface area contributed by atoms with Crippen LogP contribution in [0.4, 0.5) is 10.5 Å². The van der Waals surface area contributed by atoms with E-state index in [0.29, 0.717) is 0 Å². The zero-order valence-electron chi connectivity index (χ0n) is 8.25. The maximum absolute atomic E-state index is 11.0. The summed E-state index contributed by atoms with van der Waals surface area (Å²) in [4.78, 5) is 21.0. The molecule has 0 heterocycles. The Kier molecular flexibility index (Phi) is 4.07. The highest BCUT2D eigenvalue weighted by Crippen LogP contribution is 2.26. The van der Waals surface area contributed by atoms with Crippen LogP contribution >= 0.6 is 11.6 Å². The fraction of sp³-hybridized carbons (Fsp3) is 0.222. The van der Waals surface area contributed by atoms with Crippen LogP contribution in [0.1, 0.15) is 6.92 Å². The number of halogens is 1. The number of rotatable bonds is 3. The molecule has 0 aliphatic carbocycles. The summed E-state index contributed by atoms with van der Waals surface area (Å²) in [5.74, 6) is -0.185. The molecule has 6 nitrogen and oxygen atoms in total. The van der Waals surface area contributed by atoms with Crippen molar-refractivity contribution in [2.45, 2.75) is 12.5 Å². The standard InChI is InChI=1S/C9H8ClNO5/c1-6(10)15-9(12)16-8-5-3-2-4-7(8)11(13)14/h2-6H,1H3. The molecule has 0 radical (unpaired) electrons. The molecule has 86 valence electrons. The number of nitro benzene ring substituents is 1. The second-order valence-electron chi connectivity index (χ2n) is 2.74. The zero-order chi connectivity index (χ0) is 12.1. The third-order valence-electron chi connectivity index (χ3n) is 1.51. The van der Waals surface area contributed by atoms with E-state index in [4.69, 9.17) is 11.6 Å². The van der Waals surface area contributed by atoms with Gasteiger partial charge in [-0.2, -0.15) is 0 Å². The fourth-order valence-corrected chi connectivity index (χ4v) is 1.01. The molecule has 0 aromatic heterocycles. The summed E-state index contributed by atoms with van der Waals surface area (Å²) >= 11 is 5.38. The molecular formula is C9H8ClNO5. The lowest BCUT2D eigenvalue weighted by molar-refractivity contribution is -0.385. The number of ether oxygens (including phenoxy) is 2. The minimum atomic E-state index is -1.09. The molecule has 0 aliphatic rings. The topological polar surface area (TPSA) is 78.7 Å². The van der Waals surface area contributed by atoms with Crippen LogP contribution in [0.3, 0.4) is 0 Å². The lowest BCUT2D eigenvalue weighted by Crippen LogP contribution is -2.14. The predicted molar refractivity (Wildman–Crippen MR) is 55.5 cm³/mol. The van der Waals surface area contributed by atoms with Gasteiger partial charge >= 0.3 is 11.8 Å². The van der Waals surface area contributed by atoms with Crippen molar-refractivity contribution in [1.82, 2.24) is 0 Å². The average Bonchev–Trinajstić information content (AvgIpc) is 2.16. The van der Waals surface area contributed by atoms with Gasteiger partial charge in [0.2, 0.25) is 5.75 Å². The van der Waals surface area contributed by atoms with E-state index >= 15 is 0 Å². The summed E-state index contributed by atoms with van der Waals surface area (Å²) in [5.41, 5.74) is -1.18. The summed E-state index contributed by atoms with van der Waals surface area (Å²) < 4.78 is 9.10. The van der Waals surface area contributed by atoms with E-state index in [1.807, 2.05) is 0 Å². The Hall–Kier alpha value is -1.82. The van der Waals surface area contributed by atoms with Gasteiger partial charge in [-0.1, -0.05) is 23.7 Å². The molecule has 0 saturated carbocycles. The first-order valence-corrected chi connectivity index (χ1v) is 4.70. The van der Waals surface area contributed by atoms with E-state index in [0.717, 1.165) is 0 Å². The average molecular weight is 246 g/mol. The second-order valence-corrected chi connectivity index (χ2v) is 3.35. The molecule has 0 N–H and O–H groups in total. The lowest BCUT2D eigenvalue weighted by Gasteiger charge is -2.06. The summed E-state index contributed by atoms with van der Waals surface area (Å²) in [7, 11) is 0. The van der Waals surface area contributed by atoms with Crippen LogP contribution in [-0.4, -0.2) is 16.6 Å². The normalized spacial score (nSPS) is 11.6. The van der Waals surface area contributed by atoms with Crippen molar-refractivity contribution in [3.63, 3.8) is 0 Å². The smallest absolute Gasteiger partial charge is 0.415 e. The number of carbonyl (C=O) groups excluding carboxylic acids is 1. The number of hydrogen-bond acceptors (Lipinski definition) is 5. The molecule has 0 spiro atoms. The maximum Gasteiger partial charge on any atom is 0.515 e. The lowest BCUT2D eigenvalue weighted by atomic mass is 10.3. The van der Waals surface area contributed by atoms with Crippen LogP contribution in [0.2, 0.25) is 0 Å². The molecule has 1 rings (SSSR count). The van der Waals surface area contributed by atoms with Crippen LogP contribution < -0.4 is 4.74 Å². The Bertz CT molecular complexity index is 407. The number of benzene rings is 1. The largest absolute Gasteiger partial charge is 0.515 e. The quantitative estimate of drug-likeness (QED) is 0.269. The van der Waals surface area contributed by atoms with E-state index in [1.165, 1.54) is 31.2 Å². The fourth-order valence-electron chi connectivity index (χ4n) is 0.941. The molecule has 0 fully saturated rings. The number of carbonyl (C=O) groups is 1. The van der Waals surface area contributed by atoms with Gasteiger partial charge in [-0.3, -0.25) is 10.1 Å². The van der Waals surface area contributed by atoms with Crippen molar-refractivity contribution < 1.29 is 19.2 Å². The Labute approximate surface area is 95.9 Å². The van der Waals surface area contributed by atoms with Gasteiger partial charge in [-0.25, -0.2) is 4.79 Å². The molecule has 0 amide bonds. The van der Waals surface area contributed by atoms with Gasteiger partial charge in [0.05, 0.1) is 4.92 Å². The minimum Gasteiger partial charge on any atom is -0.415 e. The van der Waals surface area contributed by atoms with Crippen LogP contribution in [0.15, 0.2) is 24.3 Å². The molecule has 0 saturated heterocycles. The predicted octanol–water partition coefficient (Wildman–Crippen LogP) is 2.70. The molecule has 1 aromatic rings. The highest BCUT2D eigenvalue weighted by molar-refractivity contribution is 6.19. The maximum atomic E-state index is 11.0. The van der Waals surface area contributed by atoms with Gasteiger partial charge in [0.1, 0.15) is 0 Å². The van der Waals surface area contributed by atoms with Crippen molar-refractivity contribution in [2.75, 3.05) is 0 Å². The van der Waals surface area contributed by atoms with Crippen LogP contribution in [0.25, 0.3) is 0 Å². The summed E-state index contributed by atoms with van der Waals surface area (Å²) in [6.07, 6.45) is -1.09. The van der Waals surface area contributed by atoms with Crippen molar-refractivity contribution in [2.24, 2.45) is 0 Å². The summed E-state index contributed by atoms with van der Waals surface area (Å²) in [5, 5.41) is 10.6. The first kappa shape index (κ1) is 12.3. The number of alkyl halides is 1. The number of para-hydroxylation sites is 2. The highest BCUT2D eigenvalue weighted by atomic mass is 35.5. The van der Waals surface area contributed by atoms with Crippen molar-refractivity contribution >= 4 is 23.4 Å². The van der Waals surface area contributed by atoms with E-state index in [1.54, 1.807) is 0 Å². The summed E-state index contributed by atoms with van der Waals surface area (Å²) in [6, 6.07) is 5.46. The SMILES string of the molecule is CC(Cl)OC(=O)Oc1ccccc1[N+](=O)[O-]. The Morgan fingerprint density at radius 2 is 2.12 bits per heavy atom. The van der Waals surface area contributed by atoms with E-state index < -0.39 is 16.6 Å². The Morgan fingerprint density at radius 1 is 1.50 bits per heavy atom. The van der Waals surface area contributed by atoms with Crippen LogP contribution in [0.5, 0.6) is 5.75 Å². The van der Waals surface area contributed by atoms with Gasteiger partial charge in [0.15, 0.2) is 5.56 Å². The first-order chi connectivity index (χ1) is 7.50. The van der Waals surface area contributed by atoms with Crippen molar-refractivity contribution in [3.05, 3.63) is 34.4 Å². The molecule has 0 aliphatic heterocycles. The molecule has 7 heteroatoms. The molecule has 1 unspecified atom stereocenters. The minimum absolute atomic E-state index is 0.185. The monoisotopic (exact) mass is 245 g/mol. The molecular weight excluding hydrogens is 238 g/mol. The Balaban J connectivity index is 2.81. The van der Waals surface area contributed by atoms with Crippen molar-refractivity contribution in [3.8, 4) is 5.75 Å². The van der Waals surface area contributed by atoms with Gasteiger partial charge in [0, 0.05) is 6.07 Å². The third-order valence-corrected chi connectivity index (χ3v) is 1.60. The Morgan fingerprint density at radius 3 is 2.69 bits per heavy atom. The van der Waals surface area contributed by atoms with Gasteiger partial charge in [-0.15, -0.1) is 0 Å². The first-order valence-electron chi connectivity index (χ1n) is 4.26. The zero-order valence-corrected chi connectivity index (χ0v) is 9.01. The van der Waals surface area contributed by atoms with E-state index in [9.17, 15) is 14.9 Å². The van der Waals surface area contributed by atoms with Crippen molar-refractivity contribution in [1.29, 1.82) is 0 Å². The number of nitrogens with zero attached hydrogens (tertiary/aromatic N) is 1. The number of hydrogen-bond donors (Lipinski definition) is 0. The van der Waals surface area contributed by atoms with Gasteiger partial charge in [0.25, 0.3) is 0 Å². The van der Waals surface area contributed by atoms with Crippen LogP contribution in [-0.2, 0) is 4.74 Å². The van der Waals surface area contributed by atoms with E-state index in [-0.39, 0.29) is 11.4 Å². The third kappa shape index (κ3) is 3.39. The highest BCUT2D eigenvalue weighted by Gasteiger charge is 2.18. The molecule has 1 atom stereocenters. The van der Waals surface area contributed by atoms with Crippen LogP contribution in [0, 0.1) is 10.1 Å².